The molecule has 0 aromatic heterocycles. The van der Waals surface area contributed by atoms with Crippen LogP contribution in [0.2, 0.25) is 0 Å². The number of aliphatic carboxylic acids is 1. The Kier molecular flexibility index (Phi) is 2.24. The Labute approximate surface area is 84.4 Å². The maximum absolute atomic E-state index is 11.2. The highest BCUT2D eigenvalue weighted by atomic mass is 32.2. The standard InChI is InChI=1S/C8H9NO4S/c10-2-4-3-14-6-1-5(11)9(6)7(4)8(12)13/h6,10H,1-3H2,(H,12,13)/t6-/m0/s1. The van der Waals surface area contributed by atoms with Gasteiger partial charge in [-0.15, -0.1) is 11.8 Å². The molecule has 5 nitrogen and oxygen atoms in total. The molecule has 0 bridgehead atoms. The first-order valence-corrected chi connectivity index (χ1v) is 5.20. The number of carboxylic acids is 1. The first-order chi connectivity index (χ1) is 6.65. The summed E-state index contributed by atoms with van der Waals surface area (Å²) in [4.78, 5) is 23.3. The molecule has 2 heterocycles. The summed E-state index contributed by atoms with van der Waals surface area (Å²) in [6, 6.07) is 0. The van der Waals surface area contributed by atoms with E-state index < -0.39 is 5.97 Å². The van der Waals surface area contributed by atoms with Crippen molar-refractivity contribution >= 4 is 23.6 Å². The normalized spacial score (nSPS) is 25.9. The number of fused-ring (bicyclic) bond motifs is 1. The fourth-order valence-electron chi connectivity index (χ4n) is 1.60. The molecule has 2 N–H and O–H groups in total. The molecule has 76 valence electrons. The molecule has 14 heavy (non-hydrogen) atoms. The predicted molar refractivity (Wildman–Crippen MR) is 49.5 cm³/mol. The number of β-lactam (4-membered cyclic amide) rings is 1. The van der Waals surface area contributed by atoms with Crippen molar-refractivity contribution in [3.05, 3.63) is 11.3 Å². The van der Waals surface area contributed by atoms with Gasteiger partial charge in [0.05, 0.1) is 18.4 Å². The Balaban J connectivity index is 2.37. The Morgan fingerprint density at radius 2 is 2.36 bits per heavy atom. The summed E-state index contributed by atoms with van der Waals surface area (Å²) >= 11 is 1.49. The zero-order chi connectivity index (χ0) is 10.3. The number of nitrogens with zero attached hydrogens (tertiary/aromatic N) is 1. The Morgan fingerprint density at radius 1 is 1.64 bits per heavy atom. The van der Waals surface area contributed by atoms with E-state index in [9.17, 15) is 9.59 Å². The fourth-order valence-corrected chi connectivity index (χ4v) is 2.85. The number of amides is 1. The summed E-state index contributed by atoms with van der Waals surface area (Å²) in [6.45, 7) is -0.300. The fraction of sp³-hybridized carbons (Fsp3) is 0.500. The lowest BCUT2D eigenvalue weighted by Crippen LogP contribution is -2.54. The highest BCUT2D eigenvalue weighted by Gasteiger charge is 2.44. The third-order valence-corrected chi connectivity index (χ3v) is 3.60. The average molecular weight is 215 g/mol. The third kappa shape index (κ3) is 1.22. The van der Waals surface area contributed by atoms with Crippen molar-refractivity contribution in [2.24, 2.45) is 0 Å². The summed E-state index contributed by atoms with van der Waals surface area (Å²) in [5.41, 5.74) is 0.402. The summed E-state index contributed by atoms with van der Waals surface area (Å²) < 4.78 is 0. The van der Waals surface area contributed by atoms with Crippen molar-refractivity contribution in [2.45, 2.75) is 11.8 Å². The molecule has 0 aliphatic carbocycles. The summed E-state index contributed by atoms with van der Waals surface area (Å²) in [7, 11) is 0. The molecular formula is C8H9NO4S. The van der Waals surface area contributed by atoms with Crippen molar-refractivity contribution in [3.63, 3.8) is 0 Å². The van der Waals surface area contributed by atoms with Gasteiger partial charge in [0, 0.05) is 5.75 Å². The van der Waals surface area contributed by atoms with Gasteiger partial charge in [-0.3, -0.25) is 9.69 Å². The predicted octanol–water partition coefficient (Wildman–Crippen LogP) is -0.377. The van der Waals surface area contributed by atoms with Crippen molar-refractivity contribution < 1.29 is 19.8 Å². The Bertz CT molecular complexity index is 338. The summed E-state index contributed by atoms with van der Waals surface area (Å²) in [6.07, 6.45) is 0.403. The highest BCUT2D eigenvalue weighted by Crippen LogP contribution is 2.39. The maximum Gasteiger partial charge on any atom is 0.352 e. The van der Waals surface area contributed by atoms with Gasteiger partial charge in [-0.25, -0.2) is 4.79 Å². The number of rotatable bonds is 2. The smallest absolute Gasteiger partial charge is 0.352 e. The van der Waals surface area contributed by atoms with E-state index in [2.05, 4.69) is 0 Å². The van der Waals surface area contributed by atoms with Crippen LogP contribution in [0, 0.1) is 0 Å². The highest BCUT2D eigenvalue weighted by molar-refractivity contribution is 8.00. The van der Waals surface area contributed by atoms with Gasteiger partial charge in [0.15, 0.2) is 0 Å². The third-order valence-electron chi connectivity index (χ3n) is 2.33. The lowest BCUT2D eigenvalue weighted by atomic mass is 10.1. The topological polar surface area (TPSA) is 77.8 Å². The van der Waals surface area contributed by atoms with Gasteiger partial charge in [-0.2, -0.15) is 0 Å². The number of aliphatic hydroxyl groups is 1. The van der Waals surface area contributed by atoms with E-state index in [4.69, 9.17) is 10.2 Å². The Morgan fingerprint density at radius 3 is 2.86 bits per heavy atom. The minimum Gasteiger partial charge on any atom is -0.477 e. The molecule has 2 aliphatic heterocycles. The van der Waals surface area contributed by atoms with Crippen LogP contribution in [0.5, 0.6) is 0 Å². The van der Waals surface area contributed by atoms with Gasteiger partial charge in [-0.05, 0) is 5.57 Å². The van der Waals surface area contributed by atoms with Gasteiger partial charge in [0.2, 0.25) is 5.91 Å². The summed E-state index contributed by atoms with van der Waals surface area (Å²) in [5.74, 6) is -0.815. The zero-order valence-electron chi connectivity index (χ0n) is 7.27. The second-order valence-electron chi connectivity index (χ2n) is 3.15. The zero-order valence-corrected chi connectivity index (χ0v) is 8.08. The van der Waals surface area contributed by atoms with Crippen molar-refractivity contribution in [2.75, 3.05) is 12.4 Å². The number of carbonyl (C=O) groups excluding carboxylic acids is 1. The van der Waals surface area contributed by atoms with Gasteiger partial charge in [0.1, 0.15) is 5.70 Å². The molecule has 0 spiro atoms. The molecule has 0 aromatic carbocycles. The van der Waals surface area contributed by atoms with Gasteiger partial charge < -0.3 is 10.2 Å². The van der Waals surface area contributed by atoms with Crippen molar-refractivity contribution in [1.82, 2.24) is 4.90 Å². The van der Waals surface area contributed by atoms with E-state index in [1.807, 2.05) is 0 Å². The van der Waals surface area contributed by atoms with Crippen LogP contribution in [0.4, 0.5) is 0 Å². The lowest BCUT2D eigenvalue weighted by Gasteiger charge is -2.43. The first-order valence-electron chi connectivity index (χ1n) is 4.15. The van der Waals surface area contributed by atoms with Gasteiger partial charge >= 0.3 is 5.97 Å². The van der Waals surface area contributed by atoms with E-state index in [-0.39, 0.29) is 23.6 Å². The van der Waals surface area contributed by atoms with Gasteiger partial charge in [0.25, 0.3) is 0 Å². The molecule has 1 saturated heterocycles. The number of aliphatic hydroxyl groups excluding tert-OH is 1. The number of hydrogen-bond donors (Lipinski definition) is 2. The minimum atomic E-state index is -1.13. The summed E-state index contributed by atoms with van der Waals surface area (Å²) in [5, 5.41) is 17.8. The van der Waals surface area contributed by atoms with Crippen LogP contribution in [0.25, 0.3) is 0 Å². The van der Waals surface area contributed by atoms with Crippen molar-refractivity contribution in [3.8, 4) is 0 Å². The van der Waals surface area contributed by atoms with Crippen LogP contribution < -0.4 is 0 Å². The number of thioether (sulfide) groups is 1. The molecule has 0 radical (unpaired) electrons. The van der Waals surface area contributed by atoms with E-state index in [0.717, 1.165) is 0 Å². The molecule has 1 atom stereocenters. The Hall–Kier alpha value is -1.01. The molecule has 1 amide bonds. The monoisotopic (exact) mass is 215 g/mol. The number of carbonyl (C=O) groups is 2. The van der Waals surface area contributed by atoms with Crippen LogP contribution in [0.3, 0.4) is 0 Å². The quantitative estimate of drug-likeness (QED) is 0.614. The van der Waals surface area contributed by atoms with E-state index >= 15 is 0 Å². The van der Waals surface area contributed by atoms with Crippen LogP contribution >= 0.6 is 11.8 Å². The van der Waals surface area contributed by atoms with E-state index in [1.165, 1.54) is 16.7 Å². The second kappa shape index (κ2) is 3.29. The molecule has 2 aliphatic rings. The van der Waals surface area contributed by atoms with E-state index in [0.29, 0.717) is 17.7 Å². The molecule has 6 heteroatoms. The molecule has 0 aromatic rings. The number of hydrogen-bond acceptors (Lipinski definition) is 4. The lowest BCUT2D eigenvalue weighted by molar-refractivity contribution is -0.146. The second-order valence-corrected chi connectivity index (χ2v) is 4.32. The molecular weight excluding hydrogens is 206 g/mol. The maximum atomic E-state index is 11.2. The van der Waals surface area contributed by atoms with E-state index in [1.54, 1.807) is 0 Å². The average Bonchev–Trinajstić information content (AvgIpc) is 2.15. The SMILES string of the molecule is O=C(O)C1=C(CO)CS[C@H]2CC(=O)N12. The van der Waals surface area contributed by atoms with Crippen LogP contribution in [0.1, 0.15) is 6.42 Å². The molecule has 1 fully saturated rings. The van der Waals surface area contributed by atoms with Gasteiger partial charge in [-0.1, -0.05) is 0 Å². The largest absolute Gasteiger partial charge is 0.477 e. The van der Waals surface area contributed by atoms with Crippen molar-refractivity contribution in [1.29, 1.82) is 0 Å². The van der Waals surface area contributed by atoms with Crippen LogP contribution in [-0.4, -0.2) is 44.7 Å². The van der Waals surface area contributed by atoms with Crippen LogP contribution in [0.15, 0.2) is 11.3 Å². The molecule has 0 saturated carbocycles. The van der Waals surface area contributed by atoms with Crippen LogP contribution in [-0.2, 0) is 9.59 Å². The molecule has 2 rings (SSSR count). The first kappa shape index (κ1) is 9.54. The minimum absolute atomic E-state index is 0.0208. The number of carboxylic acid groups (broad SMARTS) is 1. The molecule has 0 unspecified atom stereocenters.